The van der Waals surface area contributed by atoms with Crippen LogP contribution < -0.4 is 10.1 Å². The van der Waals surface area contributed by atoms with Gasteiger partial charge in [-0.1, -0.05) is 67.9 Å². The van der Waals surface area contributed by atoms with Crippen molar-refractivity contribution in [3.8, 4) is 5.75 Å². The second-order valence-electron chi connectivity index (χ2n) is 8.60. The SMILES string of the molecule is CC(C)(c1ccccc1)c1ccc(OCc2ccc(C(=O)NCCCn3cc(Cl)cn3)o2)cc1. The van der Waals surface area contributed by atoms with Crippen molar-refractivity contribution in [1.82, 2.24) is 15.1 Å². The first kappa shape index (κ1) is 23.6. The number of nitrogens with zero attached hydrogens (tertiary/aromatic N) is 2. The quantitative estimate of drug-likeness (QED) is 0.291. The highest BCUT2D eigenvalue weighted by Crippen LogP contribution is 2.32. The van der Waals surface area contributed by atoms with E-state index in [0.29, 0.717) is 23.9 Å². The first-order valence-corrected chi connectivity index (χ1v) is 11.6. The first-order valence-electron chi connectivity index (χ1n) is 11.3. The predicted molar refractivity (Wildman–Crippen MR) is 132 cm³/mol. The lowest BCUT2D eigenvalue weighted by atomic mass is 9.78. The third-order valence-electron chi connectivity index (χ3n) is 5.79. The molecule has 0 saturated carbocycles. The van der Waals surface area contributed by atoms with Crippen LogP contribution in [0.4, 0.5) is 0 Å². The van der Waals surface area contributed by atoms with E-state index < -0.39 is 0 Å². The predicted octanol–water partition coefficient (Wildman–Crippen LogP) is 5.85. The van der Waals surface area contributed by atoms with Gasteiger partial charge in [0.2, 0.25) is 0 Å². The molecule has 1 N–H and O–H groups in total. The molecule has 4 aromatic rings. The number of ether oxygens (including phenoxy) is 1. The minimum Gasteiger partial charge on any atom is -0.486 e. The molecule has 2 aromatic carbocycles. The van der Waals surface area contributed by atoms with Crippen LogP contribution in [0, 0.1) is 0 Å². The van der Waals surface area contributed by atoms with Crippen molar-refractivity contribution in [2.45, 2.75) is 38.8 Å². The second kappa shape index (κ2) is 10.6. The summed E-state index contributed by atoms with van der Waals surface area (Å²) in [4.78, 5) is 12.3. The minimum atomic E-state index is -0.253. The monoisotopic (exact) mass is 477 g/mol. The number of aromatic nitrogens is 2. The molecule has 1 amide bonds. The van der Waals surface area contributed by atoms with Gasteiger partial charge in [0, 0.05) is 24.7 Å². The van der Waals surface area contributed by atoms with Crippen LogP contribution in [0.5, 0.6) is 5.75 Å². The molecule has 0 atom stereocenters. The molecule has 2 heterocycles. The zero-order valence-corrected chi connectivity index (χ0v) is 20.1. The number of nitrogens with one attached hydrogen (secondary N) is 1. The van der Waals surface area contributed by atoms with E-state index in [4.69, 9.17) is 20.8 Å². The highest BCUT2D eigenvalue weighted by atomic mass is 35.5. The second-order valence-corrected chi connectivity index (χ2v) is 9.04. The highest BCUT2D eigenvalue weighted by molar-refractivity contribution is 6.30. The third-order valence-corrected chi connectivity index (χ3v) is 5.98. The van der Waals surface area contributed by atoms with Gasteiger partial charge in [-0.2, -0.15) is 5.10 Å². The number of hydrogen-bond acceptors (Lipinski definition) is 4. The van der Waals surface area contributed by atoms with E-state index in [1.807, 2.05) is 18.2 Å². The van der Waals surface area contributed by atoms with Crippen molar-refractivity contribution in [1.29, 1.82) is 0 Å². The van der Waals surface area contributed by atoms with Crippen molar-refractivity contribution >= 4 is 17.5 Å². The number of rotatable bonds is 10. The average Bonchev–Trinajstić information content (AvgIpc) is 3.50. The Bertz CT molecular complexity index is 1210. The Kier molecular flexibility index (Phi) is 7.38. The fourth-order valence-corrected chi connectivity index (χ4v) is 3.87. The fourth-order valence-electron chi connectivity index (χ4n) is 3.71. The Balaban J connectivity index is 1.25. The number of carbonyl (C=O) groups excluding carboxylic acids is 1. The fraction of sp³-hybridized carbons (Fsp3) is 0.259. The van der Waals surface area contributed by atoms with Gasteiger partial charge in [-0.3, -0.25) is 9.48 Å². The summed E-state index contributed by atoms with van der Waals surface area (Å²) in [7, 11) is 0. The molecule has 0 bridgehead atoms. The number of amides is 1. The van der Waals surface area contributed by atoms with Crippen LogP contribution in [0.2, 0.25) is 5.02 Å². The smallest absolute Gasteiger partial charge is 0.286 e. The van der Waals surface area contributed by atoms with E-state index in [1.165, 1.54) is 11.1 Å². The zero-order valence-electron chi connectivity index (χ0n) is 19.3. The van der Waals surface area contributed by atoms with E-state index in [2.05, 4.69) is 60.7 Å². The average molecular weight is 478 g/mol. The van der Waals surface area contributed by atoms with Gasteiger partial charge in [0.05, 0.1) is 11.2 Å². The molecule has 0 fully saturated rings. The van der Waals surface area contributed by atoms with E-state index in [9.17, 15) is 4.79 Å². The Morgan fingerprint density at radius 3 is 2.50 bits per heavy atom. The Morgan fingerprint density at radius 1 is 1.06 bits per heavy atom. The minimum absolute atomic E-state index is 0.103. The molecule has 0 aliphatic rings. The van der Waals surface area contributed by atoms with Crippen molar-refractivity contribution in [2.75, 3.05) is 6.54 Å². The lowest BCUT2D eigenvalue weighted by Crippen LogP contribution is -2.24. The molecule has 6 nitrogen and oxygen atoms in total. The van der Waals surface area contributed by atoms with Crippen LogP contribution in [0.1, 0.15) is 47.7 Å². The molecule has 4 rings (SSSR count). The summed E-state index contributed by atoms with van der Waals surface area (Å²) in [5.41, 5.74) is 2.36. The van der Waals surface area contributed by atoms with Gasteiger partial charge in [0.25, 0.3) is 5.91 Å². The molecular weight excluding hydrogens is 450 g/mol. The number of furan rings is 1. The van der Waals surface area contributed by atoms with Gasteiger partial charge in [-0.15, -0.1) is 0 Å². The lowest BCUT2D eigenvalue weighted by Gasteiger charge is -2.26. The van der Waals surface area contributed by atoms with E-state index >= 15 is 0 Å². The van der Waals surface area contributed by atoms with Crippen molar-refractivity contribution < 1.29 is 13.9 Å². The molecule has 0 saturated heterocycles. The van der Waals surface area contributed by atoms with Crippen LogP contribution in [0.15, 0.2) is 83.5 Å². The van der Waals surface area contributed by atoms with Crippen LogP contribution in [-0.4, -0.2) is 22.2 Å². The van der Waals surface area contributed by atoms with E-state index in [-0.39, 0.29) is 23.7 Å². The molecule has 7 heteroatoms. The van der Waals surface area contributed by atoms with Gasteiger partial charge in [0.15, 0.2) is 5.76 Å². The van der Waals surface area contributed by atoms with Crippen LogP contribution >= 0.6 is 11.6 Å². The summed E-state index contributed by atoms with van der Waals surface area (Å²) in [5, 5.41) is 7.56. The lowest BCUT2D eigenvalue weighted by molar-refractivity contribution is 0.0921. The number of benzene rings is 2. The topological polar surface area (TPSA) is 69.3 Å². The summed E-state index contributed by atoms with van der Waals surface area (Å²) in [6.07, 6.45) is 4.07. The molecule has 34 heavy (non-hydrogen) atoms. The molecule has 0 aliphatic heterocycles. The van der Waals surface area contributed by atoms with Gasteiger partial charge >= 0.3 is 0 Å². The van der Waals surface area contributed by atoms with Gasteiger partial charge in [-0.25, -0.2) is 0 Å². The molecule has 0 radical (unpaired) electrons. The molecule has 0 spiro atoms. The number of aryl methyl sites for hydroxylation is 1. The van der Waals surface area contributed by atoms with E-state index in [1.54, 1.807) is 29.2 Å². The van der Waals surface area contributed by atoms with Crippen LogP contribution in [0.25, 0.3) is 0 Å². The maximum absolute atomic E-state index is 12.3. The maximum Gasteiger partial charge on any atom is 0.286 e. The van der Waals surface area contributed by atoms with Gasteiger partial charge < -0.3 is 14.5 Å². The number of carbonyl (C=O) groups is 1. The van der Waals surface area contributed by atoms with Crippen molar-refractivity contribution in [3.63, 3.8) is 0 Å². The largest absolute Gasteiger partial charge is 0.486 e. The molecule has 2 aromatic heterocycles. The van der Waals surface area contributed by atoms with Crippen LogP contribution in [0.3, 0.4) is 0 Å². The van der Waals surface area contributed by atoms with Crippen LogP contribution in [-0.2, 0) is 18.6 Å². The molecule has 0 unspecified atom stereocenters. The first-order chi connectivity index (χ1) is 16.4. The Morgan fingerprint density at radius 2 is 1.79 bits per heavy atom. The Labute approximate surface area is 204 Å². The van der Waals surface area contributed by atoms with Gasteiger partial charge in [-0.05, 0) is 41.8 Å². The maximum atomic E-state index is 12.3. The summed E-state index contributed by atoms with van der Waals surface area (Å²) in [6, 6.07) is 21.9. The standard InChI is InChI=1S/C27H28ClN3O3/c1-27(2,20-7-4-3-5-8-20)21-9-11-23(12-10-21)33-19-24-13-14-25(34-24)26(32)29-15-6-16-31-18-22(28)17-30-31/h3-5,7-14,17-18H,6,15-16,19H2,1-2H3,(H,29,32). The number of halogens is 1. The van der Waals surface area contributed by atoms with E-state index in [0.717, 1.165) is 12.2 Å². The number of hydrogen-bond donors (Lipinski definition) is 1. The summed E-state index contributed by atoms with van der Waals surface area (Å²) in [6.45, 7) is 5.84. The zero-order chi connectivity index (χ0) is 24.0. The highest BCUT2D eigenvalue weighted by Gasteiger charge is 2.22. The third kappa shape index (κ3) is 5.88. The summed E-state index contributed by atoms with van der Waals surface area (Å²) < 4.78 is 13.3. The normalized spacial score (nSPS) is 11.4. The summed E-state index contributed by atoms with van der Waals surface area (Å²) >= 11 is 5.84. The van der Waals surface area contributed by atoms with Crippen molar-refractivity contribution in [3.05, 3.63) is 107 Å². The molecular formula is C27H28ClN3O3. The summed E-state index contributed by atoms with van der Waals surface area (Å²) in [5.74, 6) is 1.34. The van der Waals surface area contributed by atoms with Crippen molar-refractivity contribution in [2.24, 2.45) is 0 Å². The molecule has 0 aliphatic carbocycles. The van der Waals surface area contributed by atoms with Gasteiger partial charge in [0.1, 0.15) is 18.1 Å². The Hall–Kier alpha value is -3.51. The molecule has 176 valence electrons.